The van der Waals surface area contributed by atoms with Gasteiger partial charge in [-0.3, -0.25) is 14.8 Å². The van der Waals surface area contributed by atoms with Crippen LogP contribution in [0.25, 0.3) is 0 Å². The highest BCUT2D eigenvalue weighted by molar-refractivity contribution is 5.79. The molecule has 0 spiro atoms. The Morgan fingerprint density at radius 3 is 2.88 bits per heavy atom. The first kappa shape index (κ1) is 16.1. The minimum Gasteiger partial charge on any atom is -0.493 e. The van der Waals surface area contributed by atoms with Gasteiger partial charge in [0.05, 0.1) is 13.2 Å². The molecule has 3 heterocycles. The van der Waals surface area contributed by atoms with Gasteiger partial charge < -0.3 is 9.64 Å². The molecule has 1 saturated heterocycles. The van der Waals surface area contributed by atoms with Gasteiger partial charge in [-0.2, -0.15) is 5.10 Å². The summed E-state index contributed by atoms with van der Waals surface area (Å²) in [6, 6.07) is 8.05. The van der Waals surface area contributed by atoms with Crippen LogP contribution in [0.4, 0.5) is 0 Å². The molecule has 2 aromatic rings. The van der Waals surface area contributed by atoms with Crippen LogP contribution < -0.4 is 4.74 Å². The fourth-order valence-electron chi connectivity index (χ4n) is 3.61. The molecular formula is C18H23N5O2. The third-order valence-electron chi connectivity index (χ3n) is 5.03. The van der Waals surface area contributed by atoms with Gasteiger partial charge in [0.25, 0.3) is 0 Å². The Balaban J connectivity index is 1.34. The minimum atomic E-state index is 0.0180. The summed E-state index contributed by atoms with van der Waals surface area (Å²) < 4.78 is 5.80. The molecule has 25 heavy (non-hydrogen) atoms. The highest BCUT2D eigenvalue weighted by atomic mass is 16.5. The summed E-state index contributed by atoms with van der Waals surface area (Å²) >= 11 is 0. The van der Waals surface area contributed by atoms with Crippen molar-refractivity contribution in [3.63, 3.8) is 0 Å². The average Bonchev–Trinajstić information content (AvgIpc) is 3.05. The van der Waals surface area contributed by atoms with Crippen LogP contribution in [0, 0.1) is 5.92 Å². The van der Waals surface area contributed by atoms with E-state index in [9.17, 15) is 4.79 Å². The molecule has 1 amide bonds. The van der Waals surface area contributed by atoms with E-state index in [1.807, 2.05) is 23.1 Å². The van der Waals surface area contributed by atoms with E-state index in [4.69, 9.17) is 4.74 Å². The number of fused-ring (bicyclic) bond motifs is 1. The number of aromatic nitrogens is 3. The van der Waals surface area contributed by atoms with Crippen LogP contribution in [0.2, 0.25) is 0 Å². The number of aromatic amines is 1. The molecule has 2 aliphatic heterocycles. The third kappa shape index (κ3) is 3.66. The largest absolute Gasteiger partial charge is 0.493 e. The van der Waals surface area contributed by atoms with E-state index in [-0.39, 0.29) is 11.8 Å². The number of hydrogen-bond acceptors (Lipinski definition) is 5. The Hall–Kier alpha value is -2.41. The van der Waals surface area contributed by atoms with Gasteiger partial charge in [-0.1, -0.05) is 18.2 Å². The van der Waals surface area contributed by atoms with E-state index in [1.54, 1.807) is 0 Å². The maximum Gasteiger partial charge on any atom is 0.226 e. The summed E-state index contributed by atoms with van der Waals surface area (Å²) in [5.41, 5.74) is 1.14. The summed E-state index contributed by atoms with van der Waals surface area (Å²) in [5, 5.41) is 6.77. The quantitative estimate of drug-likeness (QED) is 0.905. The fraction of sp³-hybridized carbons (Fsp3) is 0.500. The van der Waals surface area contributed by atoms with E-state index in [0.717, 1.165) is 62.7 Å². The van der Waals surface area contributed by atoms with Crippen molar-refractivity contribution in [1.29, 1.82) is 0 Å². The van der Waals surface area contributed by atoms with Gasteiger partial charge >= 0.3 is 0 Å². The number of piperazine rings is 1. The van der Waals surface area contributed by atoms with E-state index in [2.05, 4.69) is 26.1 Å². The van der Waals surface area contributed by atoms with Crippen molar-refractivity contribution in [2.24, 2.45) is 5.92 Å². The lowest BCUT2D eigenvalue weighted by atomic mass is 9.95. The lowest BCUT2D eigenvalue weighted by molar-refractivity contribution is -0.137. The van der Waals surface area contributed by atoms with Crippen molar-refractivity contribution in [2.45, 2.75) is 19.4 Å². The fourth-order valence-corrected chi connectivity index (χ4v) is 3.61. The number of ether oxygens (including phenoxy) is 1. The summed E-state index contributed by atoms with van der Waals surface area (Å²) in [7, 11) is 0. The predicted molar refractivity (Wildman–Crippen MR) is 92.0 cm³/mol. The Morgan fingerprint density at radius 2 is 2.08 bits per heavy atom. The Kier molecular flexibility index (Phi) is 4.65. The van der Waals surface area contributed by atoms with Crippen LogP contribution in [0.3, 0.4) is 0 Å². The van der Waals surface area contributed by atoms with Crippen LogP contribution in [-0.4, -0.2) is 63.7 Å². The number of amides is 1. The molecule has 1 aromatic heterocycles. The first-order valence-corrected chi connectivity index (χ1v) is 8.85. The first-order valence-electron chi connectivity index (χ1n) is 8.85. The Morgan fingerprint density at radius 1 is 1.24 bits per heavy atom. The average molecular weight is 341 g/mol. The van der Waals surface area contributed by atoms with Crippen molar-refractivity contribution in [3.8, 4) is 5.75 Å². The zero-order valence-electron chi connectivity index (χ0n) is 14.2. The van der Waals surface area contributed by atoms with Crippen molar-refractivity contribution in [1.82, 2.24) is 25.0 Å². The molecule has 0 radical (unpaired) electrons. The number of nitrogens with one attached hydrogen (secondary N) is 1. The number of para-hydroxylation sites is 1. The van der Waals surface area contributed by atoms with Crippen molar-refractivity contribution >= 4 is 5.91 Å². The number of carbonyl (C=O) groups excluding carboxylic acids is 1. The molecule has 7 nitrogen and oxygen atoms in total. The Bertz CT molecular complexity index is 710. The zero-order valence-corrected chi connectivity index (χ0v) is 14.2. The minimum absolute atomic E-state index is 0.0180. The molecule has 1 N–H and O–H groups in total. The van der Waals surface area contributed by atoms with Crippen LogP contribution >= 0.6 is 0 Å². The van der Waals surface area contributed by atoms with E-state index in [1.165, 1.54) is 6.33 Å². The lowest BCUT2D eigenvalue weighted by Crippen LogP contribution is -2.50. The number of nitrogens with zero attached hydrogens (tertiary/aromatic N) is 4. The summed E-state index contributed by atoms with van der Waals surface area (Å²) in [6.45, 7) is 4.64. The summed E-state index contributed by atoms with van der Waals surface area (Å²) in [6.07, 6.45) is 3.08. The van der Waals surface area contributed by atoms with Gasteiger partial charge in [0.15, 0.2) is 0 Å². The third-order valence-corrected chi connectivity index (χ3v) is 5.03. The molecule has 1 atom stereocenters. The van der Waals surface area contributed by atoms with Crippen molar-refractivity contribution in [3.05, 3.63) is 42.0 Å². The Labute approximate surface area is 147 Å². The van der Waals surface area contributed by atoms with Gasteiger partial charge in [-0.25, -0.2) is 4.98 Å². The highest BCUT2D eigenvalue weighted by Gasteiger charge is 2.29. The van der Waals surface area contributed by atoms with Crippen molar-refractivity contribution < 1.29 is 9.53 Å². The van der Waals surface area contributed by atoms with Crippen LogP contribution in [0.5, 0.6) is 5.75 Å². The maximum absolute atomic E-state index is 13.0. The predicted octanol–water partition coefficient (Wildman–Crippen LogP) is 1.09. The van der Waals surface area contributed by atoms with Gasteiger partial charge in [-0.05, 0) is 24.5 Å². The topological polar surface area (TPSA) is 74.3 Å². The first-order chi connectivity index (χ1) is 12.3. The molecule has 0 saturated carbocycles. The summed E-state index contributed by atoms with van der Waals surface area (Å²) in [4.78, 5) is 21.4. The zero-order chi connectivity index (χ0) is 17.1. The second-order valence-electron chi connectivity index (χ2n) is 6.68. The second kappa shape index (κ2) is 7.23. The maximum atomic E-state index is 13.0. The number of benzene rings is 1. The SMILES string of the molecule is O=C([C@@H]1CCOc2ccccc2C1)N1CCN(Cc2ncn[nH]2)CC1. The molecule has 0 bridgehead atoms. The molecule has 1 aromatic carbocycles. The standard InChI is InChI=1S/C18H23N5O2/c24-18(15-5-10-25-16-4-2-1-3-14(16)11-15)23-8-6-22(7-9-23)12-17-19-13-20-21-17/h1-4,13,15H,5-12H2,(H,19,20,21)/t15-/m1/s1. The second-order valence-corrected chi connectivity index (χ2v) is 6.68. The van der Waals surface area contributed by atoms with Gasteiger partial charge in [0.2, 0.25) is 5.91 Å². The van der Waals surface area contributed by atoms with E-state index in [0.29, 0.717) is 6.61 Å². The number of hydrogen-bond donors (Lipinski definition) is 1. The smallest absolute Gasteiger partial charge is 0.226 e. The van der Waals surface area contributed by atoms with Gasteiger partial charge in [-0.15, -0.1) is 0 Å². The normalized spacial score (nSPS) is 21.3. The number of H-pyrrole nitrogens is 1. The monoisotopic (exact) mass is 341 g/mol. The molecule has 4 rings (SSSR count). The van der Waals surface area contributed by atoms with E-state index < -0.39 is 0 Å². The summed E-state index contributed by atoms with van der Waals surface area (Å²) in [5.74, 6) is 2.08. The molecule has 132 valence electrons. The van der Waals surface area contributed by atoms with Crippen LogP contribution in [0.1, 0.15) is 17.8 Å². The lowest BCUT2D eigenvalue weighted by Gasteiger charge is -2.35. The highest BCUT2D eigenvalue weighted by Crippen LogP contribution is 2.27. The molecule has 0 unspecified atom stereocenters. The van der Waals surface area contributed by atoms with Crippen molar-refractivity contribution in [2.75, 3.05) is 32.8 Å². The van der Waals surface area contributed by atoms with Crippen LogP contribution in [-0.2, 0) is 17.8 Å². The van der Waals surface area contributed by atoms with Crippen LogP contribution in [0.15, 0.2) is 30.6 Å². The molecule has 0 aliphatic carbocycles. The molecule has 1 fully saturated rings. The number of rotatable bonds is 3. The van der Waals surface area contributed by atoms with Gasteiger partial charge in [0, 0.05) is 32.1 Å². The number of carbonyl (C=O) groups is 1. The van der Waals surface area contributed by atoms with Gasteiger partial charge in [0.1, 0.15) is 17.9 Å². The van der Waals surface area contributed by atoms with E-state index >= 15 is 0 Å². The molecular weight excluding hydrogens is 318 g/mol. The molecule has 2 aliphatic rings. The molecule has 7 heteroatoms.